The van der Waals surface area contributed by atoms with Gasteiger partial charge in [0, 0.05) is 24.8 Å². The Bertz CT molecular complexity index is 896. The maximum absolute atomic E-state index is 5.46. The molecule has 1 aliphatic heterocycles. The molecule has 1 fully saturated rings. The number of hydrogen-bond acceptors (Lipinski definition) is 5. The van der Waals surface area contributed by atoms with Gasteiger partial charge >= 0.3 is 0 Å². The Morgan fingerprint density at radius 1 is 1.15 bits per heavy atom. The molecule has 0 unspecified atom stereocenters. The Morgan fingerprint density at radius 2 is 1.92 bits per heavy atom. The van der Waals surface area contributed by atoms with Crippen LogP contribution in [-0.2, 0) is 4.74 Å². The maximum atomic E-state index is 5.46. The summed E-state index contributed by atoms with van der Waals surface area (Å²) in [6, 6.07) is 6.01. The van der Waals surface area contributed by atoms with Crippen LogP contribution in [0.15, 0.2) is 37.2 Å². The minimum Gasteiger partial charge on any atom is -0.378 e. The molecule has 0 N–H and O–H groups in total. The Labute approximate surface area is 154 Å². The van der Waals surface area contributed by atoms with Crippen LogP contribution in [0.25, 0.3) is 23.0 Å². The molecule has 6 heteroatoms. The smallest absolute Gasteiger partial charge is 0.178 e. The first-order chi connectivity index (χ1) is 12.8. The maximum Gasteiger partial charge on any atom is 0.178 e. The van der Waals surface area contributed by atoms with E-state index in [1.54, 1.807) is 12.3 Å². The van der Waals surface area contributed by atoms with Crippen LogP contribution < -0.4 is 4.90 Å². The van der Waals surface area contributed by atoms with Gasteiger partial charge in [-0.05, 0) is 31.2 Å². The Balaban J connectivity index is 0.000000948. The molecule has 26 heavy (non-hydrogen) atoms. The quantitative estimate of drug-likeness (QED) is 0.721. The lowest BCUT2D eigenvalue weighted by atomic mass is 10.1. The molecule has 0 amide bonds. The second kappa shape index (κ2) is 8.10. The number of morpholine rings is 1. The molecule has 1 saturated heterocycles. The van der Waals surface area contributed by atoms with E-state index in [2.05, 4.69) is 21.6 Å². The lowest BCUT2D eigenvalue weighted by molar-refractivity contribution is 0.123. The summed E-state index contributed by atoms with van der Waals surface area (Å²) in [4.78, 5) is 11.4. The highest BCUT2D eigenvalue weighted by Crippen LogP contribution is 2.29. The summed E-state index contributed by atoms with van der Waals surface area (Å²) in [7, 11) is 0. The van der Waals surface area contributed by atoms with Gasteiger partial charge < -0.3 is 9.64 Å². The van der Waals surface area contributed by atoms with E-state index >= 15 is 0 Å². The van der Waals surface area contributed by atoms with E-state index in [-0.39, 0.29) is 0 Å². The third-order valence-electron chi connectivity index (χ3n) is 4.29. The van der Waals surface area contributed by atoms with E-state index in [0.717, 1.165) is 60.3 Å². The molecule has 4 rings (SSSR count). The van der Waals surface area contributed by atoms with Crippen LogP contribution in [0.3, 0.4) is 0 Å². The molecule has 0 aromatic carbocycles. The summed E-state index contributed by atoms with van der Waals surface area (Å²) in [5, 5.41) is 4.54. The van der Waals surface area contributed by atoms with E-state index in [1.807, 2.05) is 49.7 Å². The van der Waals surface area contributed by atoms with Crippen molar-refractivity contribution in [3.05, 3.63) is 48.6 Å². The molecule has 1 aliphatic rings. The molecule has 3 aromatic rings. The van der Waals surface area contributed by atoms with Crippen LogP contribution in [0.4, 0.5) is 5.69 Å². The third-order valence-corrected chi connectivity index (χ3v) is 4.29. The highest BCUT2D eigenvalue weighted by atomic mass is 16.5. The number of imidazole rings is 1. The zero-order valence-electron chi connectivity index (χ0n) is 15.6. The van der Waals surface area contributed by atoms with Gasteiger partial charge in [-0.15, -0.1) is 0 Å². The number of pyridine rings is 1. The monoisotopic (exact) mass is 351 g/mol. The first-order valence-corrected chi connectivity index (χ1v) is 9.04. The average Bonchev–Trinajstić information content (AvgIpc) is 3.06. The highest BCUT2D eigenvalue weighted by molar-refractivity contribution is 5.75. The summed E-state index contributed by atoms with van der Waals surface area (Å²) >= 11 is 0. The van der Waals surface area contributed by atoms with E-state index in [0.29, 0.717) is 0 Å². The number of hydrogen-bond donors (Lipinski definition) is 0. The van der Waals surface area contributed by atoms with Gasteiger partial charge in [0.05, 0.1) is 42.2 Å². The molecule has 0 atom stereocenters. The molecule has 0 spiro atoms. The van der Waals surface area contributed by atoms with Crippen molar-refractivity contribution in [1.82, 2.24) is 19.6 Å². The normalized spacial score (nSPS) is 14.0. The topological polar surface area (TPSA) is 55.5 Å². The molecule has 0 aliphatic carbocycles. The van der Waals surface area contributed by atoms with Crippen LogP contribution >= 0.6 is 0 Å². The second-order valence-corrected chi connectivity index (χ2v) is 5.77. The second-order valence-electron chi connectivity index (χ2n) is 5.77. The standard InChI is InChI=1S/C18H19N5O.C2H6/c1-3-15-12-14(4-6-19-15)17-13(2)21-18-16(5-7-20-23(17)18)22-8-10-24-11-9-22;1-2/h3-7,12H,1,8-11H2,2H3;1-2H3. The zero-order valence-corrected chi connectivity index (χ0v) is 15.6. The van der Waals surface area contributed by atoms with Gasteiger partial charge in [-0.25, -0.2) is 9.50 Å². The number of aromatic nitrogens is 4. The molecule has 136 valence electrons. The number of ether oxygens (including phenoxy) is 1. The van der Waals surface area contributed by atoms with Crippen molar-refractivity contribution in [2.24, 2.45) is 0 Å². The molecule has 3 aromatic heterocycles. The Hall–Kier alpha value is -2.73. The lowest BCUT2D eigenvalue weighted by Crippen LogP contribution is -2.36. The van der Waals surface area contributed by atoms with Gasteiger partial charge in [0.25, 0.3) is 0 Å². The van der Waals surface area contributed by atoms with E-state index < -0.39 is 0 Å². The number of aryl methyl sites for hydroxylation is 1. The highest BCUT2D eigenvalue weighted by Gasteiger charge is 2.19. The van der Waals surface area contributed by atoms with Gasteiger partial charge in [-0.2, -0.15) is 5.10 Å². The predicted molar refractivity (Wildman–Crippen MR) is 105 cm³/mol. The van der Waals surface area contributed by atoms with Crippen LogP contribution in [0.5, 0.6) is 0 Å². The first kappa shape index (κ1) is 18.1. The average molecular weight is 351 g/mol. The number of anilines is 1. The summed E-state index contributed by atoms with van der Waals surface area (Å²) in [6.45, 7) is 13.0. The fraction of sp³-hybridized carbons (Fsp3) is 0.350. The van der Waals surface area contributed by atoms with E-state index in [1.165, 1.54) is 0 Å². The van der Waals surface area contributed by atoms with Crippen molar-refractivity contribution < 1.29 is 4.74 Å². The predicted octanol–water partition coefficient (Wildman–Crippen LogP) is 3.61. The van der Waals surface area contributed by atoms with E-state index in [4.69, 9.17) is 9.72 Å². The summed E-state index contributed by atoms with van der Waals surface area (Å²) in [5.41, 5.74) is 5.79. The number of fused-ring (bicyclic) bond motifs is 1. The molecule has 6 nitrogen and oxygen atoms in total. The molecule has 4 heterocycles. The molecule has 0 radical (unpaired) electrons. The van der Waals surface area contributed by atoms with Crippen molar-refractivity contribution in [2.45, 2.75) is 20.8 Å². The summed E-state index contributed by atoms with van der Waals surface area (Å²) in [6.07, 6.45) is 5.36. The van der Waals surface area contributed by atoms with Crippen molar-refractivity contribution in [2.75, 3.05) is 31.2 Å². The minimum atomic E-state index is 0.744. The van der Waals surface area contributed by atoms with Crippen LogP contribution in [0.2, 0.25) is 0 Å². The van der Waals surface area contributed by atoms with Crippen LogP contribution in [0, 0.1) is 6.92 Å². The third kappa shape index (κ3) is 3.32. The number of rotatable bonds is 3. The molecular weight excluding hydrogens is 326 g/mol. The SMILES string of the molecule is C=Cc1cc(-c2c(C)nc3c(N4CCOCC4)ccnn23)ccn1.CC. The molecule has 0 bridgehead atoms. The Morgan fingerprint density at radius 3 is 2.65 bits per heavy atom. The van der Waals surface area contributed by atoms with Gasteiger partial charge in [0.15, 0.2) is 5.65 Å². The summed E-state index contributed by atoms with van der Waals surface area (Å²) in [5.74, 6) is 0. The van der Waals surface area contributed by atoms with Gasteiger partial charge in [-0.3, -0.25) is 4.98 Å². The largest absolute Gasteiger partial charge is 0.378 e. The number of nitrogens with zero attached hydrogens (tertiary/aromatic N) is 5. The molecular formula is C20H25N5O. The summed E-state index contributed by atoms with van der Waals surface area (Å²) < 4.78 is 7.38. The van der Waals surface area contributed by atoms with Crippen molar-refractivity contribution in [3.63, 3.8) is 0 Å². The first-order valence-electron chi connectivity index (χ1n) is 9.04. The van der Waals surface area contributed by atoms with Gasteiger partial charge in [0.1, 0.15) is 0 Å². The molecule has 0 saturated carbocycles. The Kier molecular flexibility index (Phi) is 5.63. The van der Waals surface area contributed by atoms with Gasteiger partial charge in [0.2, 0.25) is 0 Å². The van der Waals surface area contributed by atoms with Crippen molar-refractivity contribution in [3.8, 4) is 11.3 Å². The fourth-order valence-corrected chi connectivity index (χ4v) is 3.13. The van der Waals surface area contributed by atoms with E-state index in [9.17, 15) is 0 Å². The van der Waals surface area contributed by atoms with Gasteiger partial charge in [-0.1, -0.05) is 20.4 Å². The minimum absolute atomic E-state index is 0.744. The van der Waals surface area contributed by atoms with Crippen LogP contribution in [0.1, 0.15) is 25.2 Å². The lowest BCUT2D eigenvalue weighted by Gasteiger charge is -2.28. The van der Waals surface area contributed by atoms with Crippen molar-refractivity contribution >= 4 is 17.4 Å². The fourth-order valence-electron chi connectivity index (χ4n) is 3.13. The zero-order chi connectivity index (χ0) is 18.5. The van der Waals surface area contributed by atoms with Crippen LogP contribution in [-0.4, -0.2) is 45.9 Å². The van der Waals surface area contributed by atoms with Crippen molar-refractivity contribution in [1.29, 1.82) is 0 Å².